The molecule has 0 heterocycles. The summed E-state index contributed by atoms with van der Waals surface area (Å²) in [7, 11) is 2.04. The third-order valence-electron chi connectivity index (χ3n) is 2.06. The fraction of sp³-hybridized carbons (Fsp3) is 1.00. The highest BCUT2D eigenvalue weighted by atomic mass is 14.9. The molecule has 0 aromatic carbocycles. The van der Waals surface area contributed by atoms with E-state index in [1.54, 1.807) is 0 Å². The van der Waals surface area contributed by atoms with E-state index in [4.69, 9.17) is 0 Å². The van der Waals surface area contributed by atoms with Crippen molar-refractivity contribution in [1.29, 1.82) is 0 Å². The summed E-state index contributed by atoms with van der Waals surface area (Å²) in [6.45, 7) is 6.27. The highest BCUT2D eigenvalue weighted by molar-refractivity contribution is 4.89. The van der Waals surface area contributed by atoms with Crippen molar-refractivity contribution in [1.82, 2.24) is 5.32 Å². The van der Waals surface area contributed by atoms with Gasteiger partial charge in [-0.05, 0) is 33.2 Å². The SMILES string of the molecule is CC.CNC1(C)CCC1. The van der Waals surface area contributed by atoms with Crippen LogP contribution in [0.3, 0.4) is 0 Å². The molecule has 0 atom stereocenters. The number of hydrogen-bond acceptors (Lipinski definition) is 1. The molecule has 0 bridgehead atoms. The number of nitrogens with one attached hydrogen (secondary N) is 1. The first-order valence-corrected chi connectivity index (χ1v) is 3.96. The summed E-state index contributed by atoms with van der Waals surface area (Å²) in [5, 5.41) is 3.28. The zero-order valence-corrected chi connectivity index (χ0v) is 7.12. The van der Waals surface area contributed by atoms with Gasteiger partial charge in [0.1, 0.15) is 0 Å². The second-order valence-electron chi connectivity index (χ2n) is 2.66. The summed E-state index contributed by atoms with van der Waals surface area (Å²) in [5.41, 5.74) is 0.514. The molecule has 1 fully saturated rings. The Kier molecular flexibility index (Phi) is 3.87. The Morgan fingerprint density at radius 2 is 1.67 bits per heavy atom. The Labute approximate surface area is 58.8 Å². The molecule has 0 unspecified atom stereocenters. The van der Waals surface area contributed by atoms with Crippen molar-refractivity contribution in [3.63, 3.8) is 0 Å². The van der Waals surface area contributed by atoms with E-state index in [-0.39, 0.29) is 0 Å². The smallest absolute Gasteiger partial charge is 0.0150 e. The van der Waals surface area contributed by atoms with E-state index in [9.17, 15) is 0 Å². The second kappa shape index (κ2) is 3.89. The van der Waals surface area contributed by atoms with Crippen LogP contribution in [0.1, 0.15) is 40.0 Å². The zero-order valence-electron chi connectivity index (χ0n) is 7.12. The molecule has 1 rings (SSSR count). The van der Waals surface area contributed by atoms with Crippen molar-refractivity contribution < 1.29 is 0 Å². The summed E-state index contributed by atoms with van der Waals surface area (Å²) in [6, 6.07) is 0. The van der Waals surface area contributed by atoms with Crippen LogP contribution >= 0.6 is 0 Å². The zero-order chi connectivity index (χ0) is 7.33. The molecule has 0 amide bonds. The molecular formula is C8H19N. The minimum absolute atomic E-state index is 0.514. The maximum atomic E-state index is 3.28. The molecule has 0 aromatic rings. The Morgan fingerprint density at radius 3 is 1.67 bits per heavy atom. The van der Waals surface area contributed by atoms with Crippen molar-refractivity contribution >= 4 is 0 Å². The van der Waals surface area contributed by atoms with E-state index in [0.29, 0.717) is 5.54 Å². The van der Waals surface area contributed by atoms with Gasteiger partial charge in [0.25, 0.3) is 0 Å². The highest BCUT2D eigenvalue weighted by Gasteiger charge is 2.28. The number of hydrogen-bond donors (Lipinski definition) is 1. The third kappa shape index (κ3) is 2.35. The van der Waals surface area contributed by atoms with E-state index in [2.05, 4.69) is 12.2 Å². The summed E-state index contributed by atoms with van der Waals surface area (Å²) in [5.74, 6) is 0. The lowest BCUT2D eigenvalue weighted by Crippen LogP contribution is -2.45. The molecule has 1 aliphatic rings. The number of rotatable bonds is 1. The third-order valence-corrected chi connectivity index (χ3v) is 2.06. The lowest BCUT2D eigenvalue weighted by atomic mass is 9.79. The molecule has 0 spiro atoms. The molecule has 56 valence electrons. The van der Waals surface area contributed by atoms with Crippen LogP contribution in [-0.4, -0.2) is 12.6 Å². The molecular weight excluding hydrogens is 110 g/mol. The summed E-state index contributed by atoms with van der Waals surface area (Å²) in [4.78, 5) is 0. The van der Waals surface area contributed by atoms with E-state index in [1.807, 2.05) is 20.9 Å². The average molecular weight is 129 g/mol. The van der Waals surface area contributed by atoms with E-state index in [1.165, 1.54) is 19.3 Å². The molecule has 1 heteroatoms. The van der Waals surface area contributed by atoms with E-state index >= 15 is 0 Å². The Morgan fingerprint density at radius 1 is 1.22 bits per heavy atom. The first-order valence-electron chi connectivity index (χ1n) is 3.96. The van der Waals surface area contributed by atoms with Crippen LogP contribution in [0.5, 0.6) is 0 Å². The standard InChI is InChI=1S/C6H13N.C2H6/c1-6(7-2)4-3-5-6;1-2/h7H,3-5H2,1-2H3;1-2H3. The monoisotopic (exact) mass is 129 g/mol. The van der Waals surface area contributed by atoms with Gasteiger partial charge in [-0.25, -0.2) is 0 Å². The first kappa shape index (κ1) is 8.96. The summed E-state index contributed by atoms with van der Waals surface area (Å²) >= 11 is 0. The maximum absolute atomic E-state index is 3.28. The largest absolute Gasteiger partial charge is 0.315 e. The van der Waals surface area contributed by atoms with Gasteiger partial charge in [-0.1, -0.05) is 13.8 Å². The van der Waals surface area contributed by atoms with Crippen LogP contribution in [0.15, 0.2) is 0 Å². The minimum Gasteiger partial charge on any atom is -0.315 e. The van der Waals surface area contributed by atoms with Crippen LogP contribution in [-0.2, 0) is 0 Å². The average Bonchev–Trinajstić information content (AvgIpc) is 1.88. The predicted octanol–water partition coefficient (Wildman–Crippen LogP) is 2.17. The Hall–Kier alpha value is -0.0400. The maximum Gasteiger partial charge on any atom is 0.0150 e. The molecule has 0 aliphatic heterocycles. The van der Waals surface area contributed by atoms with Crippen LogP contribution in [0, 0.1) is 0 Å². The molecule has 0 radical (unpaired) electrons. The Bertz CT molecular complexity index is 59.5. The van der Waals surface area contributed by atoms with Gasteiger partial charge in [-0.3, -0.25) is 0 Å². The lowest BCUT2D eigenvalue weighted by molar-refractivity contribution is 0.225. The van der Waals surface area contributed by atoms with E-state index < -0.39 is 0 Å². The molecule has 1 N–H and O–H groups in total. The van der Waals surface area contributed by atoms with Gasteiger partial charge in [0.2, 0.25) is 0 Å². The van der Waals surface area contributed by atoms with Crippen molar-refractivity contribution in [3.05, 3.63) is 0 Å². The lowest BCUT2D eigenvalue weighted by Gasteiger charge is -2.37. The molecule has 1 aliphatic carbocycles. The normalized spacial score (nSPS) is 21.3. The topological polar surface area (TPSA) is 12.0 Å². The first-order chi connectivity index (χ1) is 4.27. The van der Waals surface area contributed by atoms with Crippen molar-refractivity contribution in [2.75, 3.05) is 7.05 Å². The quantitative estimate of drug-likeness (QED) is 0.572. The van der Waals surface area contributed by atoms with Gasteiger partial charge in [0, 0.05) is 5.54 Å². The molecule has 0 saturated heterocycles. The second-order valence-corrected chi connectivity index (χ2v) is 2.66. The van der Waals surface area contributed by atoms with Crippen molar-refractivity contribution in [2.45, 2.75) is 45.6 Å². The minimum atomic E-state index is 0.514. The van der Waals surface area contributed by atoms with E-state index in [0.717, 1.165) is 0 Å². The molecule has 1 saturated carbocycles. The fourth-order valence-corrected chi connectivity index (χ4v) is 0.957. The predicted molar refractivity (Wildman–Crippen MR) is 42.7 cm³/mol. The summed E-state index contributed by atoms with van der Waals surface area (Å²) in [6.07, 6.45) is 4.14. The fourth-order valence-electron chi connectivity index (χ4n) is 0.957. The van der Waals surface area contributed by atoms with Gasteiger partial charge in [-0.15, -0.1) is 0 Å². The van der Waals surface area contributed by atoms with Gasteiger partial charge >= 0.3 is 0 Å². The van der Waals surface area contributed by atoms with Crippen molar-refractivity contribution in [2.24, 2.45) is 0 Å². The van der Waals surface area contributed by atoms with Gasteiger partial charge in [0.05, 0.1) is 0 Å². The Balaban J connectivity index is 0.000000291. The highest BCUT2D eigenvalue weighted by Crippen LogP contribution is 2.29. The van der Waals surface area contributed by atoms with Crippen LogP contribution in [0.25, 0.3) is 0 Å². The van der Waals surface area contributed by atoms with Crippen LogP contribution in [0.2, 0.25) is 0 Å². The van der Waals surface area contributed by atoms with Gasteiger partial charge < -0.3 is 5.32 Å². The van der Waals surface area contributed by atoms with Crippen LogP contribution < -0.4 is 5.32 Å². The van der Waals surface area contributed by atoms with Gasteiger partial charge in [-0.2, -0.15) is 0 Å². The molecule has 9 heavy (non-hydrogen) atoms. The van der Waals surface area contributed by atoms with Crippen molar-refractivity contribution in [3.8, 4) is 0 Å². The van der Waals surface area contributed by atoms with Crippen LogP contribution in [0.4, 0.5) is 0 Å². The molecule has 0 aromatic heterocycles. The summed E-state index contributed by atoms with van der Waals surface area (Å²) < 4.78 is 0. The molecule has 1 nitrogen and oxygen atoms in total. The van der Waals surface area contributed by atoms with Gasteiger partial charge in [0.15, 0.2) is 0 Å².